The van der Waals surface area contributed by atoms with Gasteiger partial charge in [0.1, 0.15) is 0 Å². The average molecular weight is 294 g/mol. The fourth-order valence-corrected chi connectivity index (χ4v) is 5.76. The van der Waals surface area contributed by atoms with Gasteiger partial charge in [0.05, 0.1) is 23.5 Å². The zero-order valence-corrected chi connectivity index (χ0v) is 12.9. The molecule has 1 aromatic heterocycles. The molecule has 0 amide bonds. The van der Waals surface area contributed by atoms with Gasteiger partial charge < -0.3 is 5.73 Å². The van der Waals surface area contributed by atoms with E-state index in [0.29, 0.717) is 5.41 Å². The summed E-state index contributed by atoms with van der Waals surface area (Å²) >= 11 is 6.11. The molecule has 1 heterocycles. The predicted molar refractivity (Wildman–Crippen MR) is 80.6 cm³/mol. The summed E-state index contributed by atoms with van der Waals surface area (Å²) in [7, 11) is 0. The summed E-state index contributed by atoms with van der Waals surface area (Å²) in [5.41, 5.74) is 8.12. The van der Waals surface area contributed by atoms with Gasteiger partial charge in [-0.05, 0) is 68.6 Å². The van der Waals surface area contributed by atoms with Gasteiger partial charge in [-0.2, -0.15) is 5.10 Å². The van der Waals surface area contributed by atoms with Crippen molar-refractivity contribution in [2.75, 3.05) is 0 Å². The van der Waals surface area contributed by atoms with Crippen LogP contribution in [0, 0.1) is 30.1 Å². The first-order valence-corrected chi connectivity index (χ1v) is 8.37. The first-order valence-electron chi connectivity index (χ1n) is 7.99. The van der Waals surface area contributed by atoms with E-state index in [0.717, 1.165) is 35.0 Å². The lowest BCUT2D eigenvalue weighted by atomic mass is 9.48. The van der Waals surface area contributed by atoms with Gasteiger partial charge in [-0.3, -0.25) is 4.68 Å². The summed E-state index contributed by atoms with van der Waals surface area (Å²) in [6.07, 6.45) is 10.2. The van der Waals surface area contributed by atoms with E-state index in [4.69, 9.17) is 17.3 Å². The molecule has 1 unspecified atom stereocenters. The van der Waals surface area contributed by atoms with Crippen molar-refractivity contribution in [3.05, 3.63) is 16.9 Å². The van der Waals surface area contributed by atoms with Crippen molar-refractivity contribution in [1.29, 1.82) is 0 Å². The highest BCUT2D eigenvalue weighted by Crippen LogP contribution is 2.61. The fraction of sp³-hybridized carbons (Fsp3) is 0.812. The van der Waals surface area contributed by atoms with Gasteiger partial charge in [0.15, 0.2) is 0 Å². The summed E-state index contributed by atoms with van der Waals surface area (Å²) in [6, 6.07) is 0.227. The second kappa shape index (κ2) is 4.48. The Hall–Kier alpha value is -0.540. The molecule has 0 saturated heterocycles. The quantitative estimate of drug-likeness (QED) is 0.928. The lowest BCUT2D eigenvalue weighted by Gasteiger charge is -2.59. The highest BCUT2D eigenvalue weighted by molar-refractivity contribution is 6.31. The monoisotopic (exact) mass is 293 g/mol. The zero-order chi connectivity index (χ0) is 13.9. The number of hydrogen-bond acceptors (Lipinski definition) is 2. The third kappa shape index (κ3) is 1.93. The molecule has 0 aliphatic heterocycles. The standard InChI is InChI=1S/C16H24ClN3/c1-10-14(17)8-19-20(10)9-15(18)16-5-11-2-12(6-16)4-13(3-11)7-16/h8,11-13,15H,2-7,9,18H2,1H3. The molecule has 4 fully saturated rings. The Morgan fingerprint density at radius 3 is 2.30 bits per heavy atom. The van der Waals surface area contributed by atoms with Crippen LogP contribution in [-0.2, 0) is 6.54 Å². The van der Waals surface area contributed by atoms with E-state index in [1.165, 1.54) is 38.5 Å². The van der Waals surface area contributed by atoms with Crippen molar-refractivity contribution >= 4 is 11.6 Å². The smallest absolute Gasteiger partial charge is 0.0814 e. The third-order valence-electron chi connectivity index (χ3n) is 6.29. The van der Waals surface area contributed by atoms with Crippen LogP contribution in [0.5, 0.6) is 0 Å². The summed E-state index contributed by atoms with van der Waals surface area (Å²) in [5.74, 6) is 2.86. The molecule has 4 aliphatic rings. The minimum atomic E-state index is 0.227. The Kier molecular flexibility index (Phi) is 2.94. The van der Waals surface area contributed by atoms with Crippen LogP contribution >= 0.6 is 11.6 Å². The van der Waals surface area contributed by atoms with E-state index < -0.39 is 0 Å². The van der Waals surface area contributed by atoms with Gasteiger partial charge >= 0.3 is 0 Å². The number of nitrogens with zero attached hydrogens (tertiary/aromatic N) is 2. The lowest BCUT2D eigenvalue weighted by molar-refractivity contribution is -0.0699. The SMILES string of the molecule is Cc1c(Cl)cnn1CC(N)C12CC3CC(CC(C3)C1)C2. The first kappa shape index (κ1) is 13.1. The Morgan fingerprint density at radius 2 is 1.85 bits per heavy atom. The van der Waals surface area contributed by atoms with E-state index >= 15 is 0 Å². The van der Waals surface area contributed by atoms with E-state index in [1.807, 2.05) is 11.6 Å². The van der Waals surface area contributed by atoms with Crippen LogP contribution in [0.1, 0.15) is 44.2 Å². The van der Waals surface area contributed by atoms with Gasteiger partial charge in [0.25, 0.3) is 0 Å². The molecule has 0 spiro atoms. The molecule has 1 aromatic rings. The highest BCUT2D eigenvalue weighted by atomic mass is 35.5. The van der Waals surface area contributed by atoms with Crippen molar-refractivity contribution in [2.24, 2.45) is 28.9 Å². The van der Waals surface area contributed by atoms with E-state index in [9.17, 15) is 0 Å². The summed E-state index contributed by atoms with van der Waals surface area (Å²) in [6.45, 7) is 2.85. The lowest BCUT2D eigenvalue weighted by Crippen LogP contribution is -2.55. The van der Waals surface area contributed by atoms with Gasteiger partial charge in [0, 0.05) is 6.04 Å². The van der Waals surface area contributed by atoms with Gasteiger partial charge in [0.2, 0.25) is 0 Å². The van der Waals surface area contributed by atoms with E-state index in [1.54, 1.807) is 6.20 Å². The van der Waals surface area contributed by atoms with Crippen LogP contribution in [0.15, 0.2) is 6.20 Å². The Bertz CT molecular complexity index is 487. The molecule has 4 saturated carbocycles. The molecular weight excluding hydrogens is 270 g/mol. The van der Waals surface area contributed by atoms with Crippen molar-refractivity contribution in [3.8, 4) is 0 Å². The minimum absolute atomic E-state index is 0.227. The maximum Gasteiger partial charge on any atom is 0.0814 e. The van der Waals surface area contributed by atoms with Crippen LogP contribution in [0.3, 0.4) is 0 Å². The largest absolute Gasteiger partial charge is 0.326 e. The second-order valence-electron chi connectivity index (χ2n) is 7.65. The topological polar surface area (TPSA) is 43.8 Å². The fourth-order valence-electron chi connectivity index (χ4n) is 5.62. The molecule has 2 N–H and O–H groups in total. The molecule has 4 heteroatoms. The number of hydrogen-bond donors (Lipinski definition) is 1. The van der Waals surface area contributed by atoms with Crippen molar-refractivity contribution in [1.82, 2.24) is 9.78 Å². The predicted octanol–water partition coefficient (Wildman–Crippen LogP) is 3.39. The average Bonchev–Trinajstić information content (AvgIpc) is 2.69. The molecule has 4 bridgehead atoms. The summed E-state index contributed by atoms with van der Waals surface area (Å²) in [5, 5.41) is 5.14. The maximum atomic E-state index is 6.68. The van der Waals surface area contributed by atoms with Crippen LogP contribution < -0.4 is 5.73 Å². The van der Waals surface area contributed by atoms with E-state index in [-0.39, 0.29) is 6.04 Å². The number of aromatic nitrogens is 2. The molecule has 4 aliphatic carbocycles. The van der Waals surface area contributed by atoms with Crippen molar-refractivity contribution in [2.45, 2.75) is 58.0 Å². The number of rotatable bonds is 3. The molecular formula is C16H24ClN3. The van der Waals surface area contributed by atoms with Crippen molar-refractivity contribution < 1.29 is 0 Å². The zero-order valence-electron chi connectivity index (χ0n) is 12.2. The summed E-state index contributed by atoms with van der Waals surface area (Å²) in [4.78, 5) is 0. The number of halogens is 1. The Morgan fingerprint density at radius 1 is 1.30 bits per heavy atom. The van der Waals surface area contributed by atoms with Gasteiger partial charge in [-0.15, -0.1) is 0 Å². The van der Waals surface area contributed by atoms with Crippen molar-refractivity contribution in [3.63, 3.8) is 0 Å². The third-order valence-corrected chi connectivity index (χ3v) is 6.66. The van der Waals surface area contributed by atoms with Crippen LogP contribution in [0.4, 0.5) is 0 Å². The molecule has 0 aromatic carbocycles. The second-order valence-corrected chi connectivity index (χ2v) is 8.05. The summed E-state index contributed by atoms with van der Waals surface area (Å²) < 4.78 is 2.01. The molecule has 1 atom stereocenters. The molecule has 20 heavy (non-hydrogen) atoms. The van der Waals surface area contributed by atoms with Crippen LogP contribution in [-0.4, -0.2) is 15.8 Å². The van der Waals surface area contributed by atoms with Crippen LogP contribution in [0.25, 0.3) is 0 Å². The highest BCUT2D eigenvalue weighted by Gasteiger charge is 2.53. The van der Waals surface area contributed by atoms with Gasteiger partial charge in [-0.25, -0.2) is 0 Å². The maximum absolute atomic E-state index is 6.68. The Labute approximate surface area is 125 Å². The van der Waals surface area contributed by atoms with Crippen LogP contribution in [0.2, 0.25) is 5.02 Å². The molecule has 110 valence electrons. The Balaban J connectivity index is 1.56. The molecule has 3 nitrogen and oxygen atoms in total. The number of nitrogens with two attached hydrogens (primary N) is 1. The molecule has 0 radical (unpaired) electrons. The van der Waals surface area contributed by atoms with E-state index in [2.05, 4.69) is 5.10 Å². The first-order chi connectivity index (χ1) is 9.56. The molecule has 5 rings (SSSR count). The van der Waals surface area contributed by atoms with Gasteiger partial charge in [-0.1, -0.05) is 11.6 Å². The normalized spacial score (nSPS) is 40.2. The minimum Gasteiger partial charge on any atom is -0.326 e.